The van der Waals surface area contributed by atoms with Crippen LogP contribution in [0.25, 0.3) is 10.1 Å². The van der Waals surface area contributed by atoms with E-state index in [0.29, 0.717) is 0 Å². The van der Waals surface area contributed by atoms with Crippen molar-refractivity contribution in [3.8, 4) is 0 Å². The van der Waals surface area contributed by atoms with E-state index in [1.54, 1.807) is 0 Å². The lowest BCUT2D eigenvalue weighted by molar-refractivity contribution is 0.332. The topological polar surface area (TPSA) is 6.48 Å². The molecule has 1 aromatic heterocycles. The number of aryl methyl sites for hydroxylation is 1. The van der Waals surface area contributed by atoms with Gasteiger partial charge in [0.1, 0.15) is 0 Å². The third-order valence-corrected chi connectivity index (χ3v) is 17.8. The molecule has 0 fully saturated rings. The van der Waals surface area contributed by atoms with E-state index in [1.807, 2.05) is 11.3 Å². The van der Waals surface area contributed by atoms with Crippen LogP contribution in [0.1, 0.15) is 188 Å². The number of nitrogens with zero attached hydrogens (tertiary/aromatic N) is 2. The normalized spacial score (nSPS) is 19.1. The summed E-state index contributed by atoms with van der Waals surface area (Å²) in [7, 11) is 0. The predicted molar refractivity (Wildman–Crippen MR) is 287 cm³/mol. The quantitative estimate of drug-likeness (QED) is 0.160. The van der Waals surface area contributed by atoms with Gasteiger partial charge in [-0.3, -0.25) is 0 Å². The summed E-state index contributed by atoms with van der Waals surface area (Å²) in [6.07, 6.45) is 4.78. The molecule has 6 aromatic rings. The van der Waals surface area contributed by atoms with E-state index < -0.39 is 0 Å². The second kappa shape index (κ2) is 13.9. The Morgan fingerprint density at radius 1 is 0.462 bits per heavy atom. The van der Waals surface area contributed by atoms with Gasteiger partial charge >= 0.3 is 0 Å². The lowest BCUT2D eigenvalue weighted by atomic mass is 9.33. The number of hydrogen-bond acceptors (Lipinski definition) is 3. The molecule has 4 aliphatic rings. The van der Waals surface area contributed by atoms with Crippen molar-refractivity contribution < 1.29 is 0 Å². The van der Waals surface area contributed by atoms with Crippen LogP contribution in [0.4, 0.5) is 33.4 Å². The van der Waals surface area contributed by atoms with Crippen molar-refractivity contribution in [3.05, 3.63) is 123 Å². The largest absolute Gasteiger partial charge is 0.311 e. The molecule has 2 nitrogen and oxygen atoms in total. The Morgan fingerprint density at radius 2 is 0.923 bits per heavy atom. The summed E-state index contributed by atoms with van der Waals surface area (Å²) in [6, 6.07) is 32.8. The van der Waals surface area contributed by atoms with Crippen LogP contribution in [0.2, 0.25) is 0 Å². The minimum atomic E-state index is -0.0208. The lowest BCUT2D eigenvalue weighted by Gasteiger charge is -2.47. The smallest absolute Gasteiger partial charge is 0.254 e. The van der Waals surface area contributed by atoms with E-state index in [1.165, 1.54) is 130 Å². The van der Waals surface area contributed by atoms with E-state index in [4.69, 9.17) is 0 Å². The van der Waals surface area contributed by atoms with Gasteiger partial charge in [-0.15, -0.1) is 11.3 Å². The molecule has 5 aromatic carbocycles. The summed E-state index contributed by atoms with van der Waals surface area (Å²) < 4.78 is 1.41. The summed E-state index contributed by atoms with van der Waals surface area (Å²) >= 11 is 2.03. The highest BCUT2D eigenvalue weighted by molar-refractivity contribution is 7.26. The molecule has 0 saturated heterocycles. The average molecular weight is 879 g/mol. The molecule has 0 amide bonds. The highest BCUT2D eigenvalue weighted by Crippen LogP contribution is 2.54. The number of benzene rings is 5. The van der Waals surface area contributed by atoms with Crippen molar-refractivity contribution in [2.24, 2.45) is 0 Å². The molecule has 0 radical (unpaired) electrons. The van der Waals surface area contributed by atoms with Gasteiger partial charge in [0, 0.05) is 33.1 Å². The van der Waals surface area contributed by atoms with Gasteiger partial charge in [0.05, 0.1) is 5.00 Å². The fourth-order valence-corrected chi connectivity index (χ4v) is 13.3. The fourth-order valence-electron chi connectivity index (χ4n) is 12.0. The maximum absolute atomic E-state index is 2.72. The zero-order chi connectivity index (χ0) is 46.9. The van der Waals surface area contributed by atoms with Crippen molar-refractivity contribution in [2.75, 3.05) is 9.80 Å². The van der Waals surface area contributed by atoms with E-state index >= 15 is 0 Å². The van der Waals surface area contributed by atoms with Crippen molar-refractivity contribution in [1.29, 1.82) is 0 Å². The van der Waals surface area contributed by atoms with E-state index in [0.717, 1.165) is 0 Å². The fraction of sp³-hybridized carbons (Fsp3) is 0.475. The van der Waals surface area contributed by atoms with Crippen LogP contribution in [0.15, 0.2) is 78.9 Å². The molecule has 2 aliphatic heterocycles. The van der Waals surface area contributed by atoms with E-state index in [2.05, 4.69) is 213 Å². The Balaban J connectivity index is 1.37. The molecule has 2 aliphatic carbocycles. The van der Waals surface area contributed by atoms with Gasteiger partial charge in [0.15, 0.2) is 0 Å². The van der Waals surface area contributed by atoms with Crippen LogP contribution < -0.4 is 26.2 Å². The van der Waals surface area contributed by atoms with Gasteiger partial charge < -0.3 is 9.80 Å². The maximum Gasteiger partial charge on any atom is 0.254 e. The third kappa shape index (κ3) is 6.91. The molecule has 10 rings (SSSR count). The first kappa shape index (κ1) is 44.6. The first-order valence-electron chi connectivity index (χ1n) is 24.8. The number of anilines is 6. The standard InChI is InChI=1S/C61H75BN2S/c1-36-27-49-53-50(28-36)64(40-21-19-37(20-22-40)55(2,3)4)54-52(42-32-43-46(35-51(42)65-54)61(17,18)26-23-58(43,11)12)62(53)47-33-44-45(60(15,16)25-24-59(44,13)14)34-48(47)63(49)41-30-38(56(5,6)7)29-39(31-41)57(8,9)10/h19-22,27-35H,23-26H2,1-18H3. The zero-order valence-corrected chi connectivity index (χ0v) is 44.0. The first-order valence-corrected chi connectivity index (χ1v) is 25.6. The molecule has 4 heteroatoms. The molecule has 0 saturated carbocycles. The molecule has 0 bridgehead atoms. The molecule has 0 spiro atoms. The highest BCUT2D eigenvalue weighted by Gasteiger charge is 2.49. The number of hydrogen-bond donors (Lipinski definition) is 0. The zero-order valence-electron chi connectivity index (χ0n) is 43.2. The minimum absolute atomic E-state index is 0.0208. The van der Waals surface area contributed by atoms with Crippen LogP contribution in [0.5, 0.6) is 0 Å². The summed E-state index contributed by atoms with van der Waals surface area (Å²) in [5, 5.41) is 2.81. The van der Waals surface area contributed by atoms with E-state index in [9.17, 15) is 0 Å². The lowest BCUT2D eigenvalue weighted by Crippen LogP contribution is -2.61. The van der Waals surface area contributed by atoms with Crippen LogP contribution >= 0.6 is 11.3 Å². The van der Waals surface area contributed by atoms with Crippen molar-refractivity contribution >= 4 is 78.0 Å². The Morgan fingerprint density at radius 3 is 1.43 bits per heavy atom. The summed E-state index contributed by atoms with van der Waals surface area (Å²) in [6.45, 7) is 43.6. The molecule has 0 N–H and O–H groups in total. The minimum Gasteiger partial charge on any atom is -0.311 e. The van der Waals surface area contributed by atoms with Gasteiger partial charge in [-0.1, -0.05) is 142 Å². The van der Waals surface area contributed by atoms with Gasteiger partial charge in [-0.25, -0.2) is 0 Å². The molecular weight excluding hydrogens is 804 g/mol. The second-order valence-electron chi connectivity index (χ2n) is 26.6. The maximum atomic E-state index is 2.72. The SMILES string of the molecule is Cc1cc2c3c(c1)N(c1ccc(C(C)(C)C)cc1)c1sc4cc5c(cc4c1B3c1cc3c(cc1N2c1cc(C(C)(C)C)cc(C(C)(C)C)c1)C(C)(C)CCC3(C)C)C(C)(C)CCC5(C)C. The summed E-state index contributed by atoms with van der Waals surface area (Å²) in [5.41, 5.74) is 22.8. The van der Waals surface area contributed by atoms with Gasteiger partial charge in [0.25, 0.3) is 6.71 Å². The molecular formula is C61H75BN2S. The molecule has 65 heavy (non-hydrogen) atoms. The van der Waals surface area contributed by atoms with Crippen LogP contribution in [-0.2, 0) is 37.9 Å². The van der Waals surface area contributed by atoms with Crippen molar-refractivity contribution in [1.82, 2.24) is 0 Å². The molecule has 0 atom stereocenters. The average Bonchev–Trinajstić information content (AvgIpc) is 3.57. The Bertz CT molecular complexity index is 2920. The monoisotopic (exact) mass is 879 g/mol. The van der Waals surface area contributed by atoms with Gasteiger partial charge in [0.2, 0.25) is 0 Å². The van der Waals surface area contributed by atoms with Crippen LogP contribution in [0, 0.1) is 6.92 Å². The summed E-state index contributed by atoms with van der Waals surface area (Å²) in [5.74, 6) is 0. The highest BCUT2D eigenvalue weighted by atomic mass is 32.1. The predicted octanol–water partition coefficient (Wildman–Crippen LogP) is 15.9. The van der Waals surface area contributed by atoms with Crippen molar-refractivity contribution in [3.63, 3.8) is 0 Å². The van der Waals surface area contributed by atoms with Gasteiger partial charge in [-0.2, -0.15) is 0 Å². The molecule has 3 heterocycles. The summed E-state index contributed by atoms with van der Waals surface area (Å²) in [4.78, 5) is 5.39. The third-order valence-electron chi connectivity index (χ3n) is 16.7. The number of fused-ring (bicyclic) bond motifs is 8. The Labute approximate surface area is 397 Å². The Hall–Kier alpha value is -4.28. The second-order valence-corrected chi connectivity index (χ2v) is 27.6. The number of rotatable bonds is 2. The van der Waals surface area contributed by atoms with Crippen LogP contribution in [0.3, 0.4) is 0 Å². The van der Waals surface area contributed by atoms with Gasteiger partial charge in [-0.05, 0) is 191 Å². The van der Waals surface area contributed by atoms with E-state index in [-0.39, 0.29) is 44.6 Å². The van der Waals surface area contributed by atoms with Crippen molar-refractivity contribution in [2.45, 2.75) is 188 Å². The van der Waals surface area contributed by atoms with Crippen LogP contribution in [-0.4, -0.2) is 6.71 Å². The number of thiophene rings is 1. The Kier molecular flexibility index (Phi) is 9.53. The molecule has 338 valence electrons. The molecule has 0 unspecified atom stereocenters. The first-order chi connectivity index (χ1) is 30.0.